The second-order valence-corrected chi connectivity index (χ2v) is 23.1. The van der Waals surface area contributed by atoms with Crippen LogP contribution in [-0.4, -0.2) is 182 Å². The molecule has 6 aromatic heterocycles. The number of oxime groups is 2. The number of aromatic hydroxyl groups is 2. The van der Waals surface area contributed by atoms with Gasteiger partial charge in [-0.3, -0.25) is 47.5 Å². The van der Waals surface area contributed by atoms with Gasteiger partial charge in [-0.2, -0.15) is 16.8 Å². The van der Waals surface area contributed by atoms with Crippen molar-refractivity contribution in [1.82, 2.24) is 59.8 Å². The molecule has 6 amide bonds. The van der Waals surface area contributed by atoms with Gasteiger partial charge in [-0.1, -0.05) is 10.3 Å². The van der Waals surface area contributed by atoms with Crippen LogP contribution < -0.4 is 113 Å². The quantitative estimate of drug-likeness (QED) is 0.00987. The predicted molar refractivity (Wildman–Crippen MR) is 288 cm³/mol. The van der Waals surface area contributed by atoms with E-state index in [2.05, 4.69) is 61.5 Å². The van der Waals surface area contributed by atoms with Crippen molar-refractivity contribution in [1.29, 1.82) is 0 Å². The Morgan fingerprint density at radius 2 is 0.989 bits per heavy atom. The number of β-lactam (4-membered cyclic amide) rings is 2. The van der Waals surface area contributed by atoms with Crippen molar-refractivity contribution in [3.63, 3.8) is 0 Å². The maximum Gasteiger partial charge on any atom is 1.00 e. The first-order valence-electron chi connectivity index (χ1n) is 23.9. The van der Waals surface area contributed by atoms with E-state index in [0.29, 0.717) is 0 Å². The number of pyridine rings is 2. The number of nitrogens with two attached hydrogens (primary N) is 2. The van der Waals surface area contributed by atoms with Crippen molar-refractivity contribution in [2.24, 2.45) is 10.3 Å². The number of aromatic nitrogens is 6. The minimum absolute atomic E-state index is 0. The summed E-state index contributed by atoms with van der Waals surface area (Å²) in [6.07, 6.45) is 3.75. The number of carbonyl (C=O) groups excluding carboxylic acids is 8. The number of aromatic amines is 2. The van der Waals surface area contributed by atoms with Crippen molar-refractivity contribution < 1.29 is 162 Å². The molecule has 0 aromatic carbocycles. The number of hydrogen-bond donors (Lipinski definition) is 12. The zero-order valence-electron chi connectivity index (χ0n) is 46.7. The fourth-order valence-corrected chi connectivity index (χ4v) is 9.95. The summed E-state index contributed by atoms with van der Waals surface area (Å²) < 4.78 is 76.9. The Morgan fingerprint density at radius 1 is 0.644 bits per heavy atom. The monoisotopic (exact) mass is 1350 g/mol. The number of anilines is 2. The molecular formula is C44H42N16Na2O24S4. The van der Waals surface area contributed by atoms with Crippen LogP contribution in [0.15, 0.2) is 76.5 Å². The number of aliphatic carboxylic acids is 2. The molecule has 0 saturated carbocycles. The molecule has 0 unspecified atom stereocenters. The molecule has 14 N–H and O–H groups in total. The van der Waals surface area contributed by atoms with E-state index in [0.717, 1.165) is 87.4 Å². The minimum atomic E-state index is -5.15. The Morgan fingerprint density at radius 3 is 1.28 bits per heavy atom. The van der Waals surface area contributed by atoms with Crippen LogP contribution in [0.25, 0.3) is 23.2 Å². The number of nitrogen functional groups attached to an aromatic ring is 2. The molecule has 6 aromatic rings. The number of rotatable bonds is 22. The molecule has 4 atom stereocenters. The van der Waals surface area contributed by atoms with Crippen LogP contribution in [0.5, 0.6) is 11.5 Å². The topological polar surface area (TPSA) is 625 Å². The molecule has 0 aliphatic carbocycles. The van der Waals surface area contributed by atoms with Crippen LogP contribution in [0.4, 0.5) is 10.3 Å². The fraction of sp³-hybridized carbons (Fsp3) is 0.273. The summed E-state index contributed by atoms with van der Waals surface area (Å²) in [7, 11) is -10.3. The minimum Gasteiger partial charge on any atom is -0.546 e. The molecule has 40 nitrogen and oxygen atoms in total. The van der Waals surface area contributed by atoms with Crippen LogP contribution in [0.1, 0.15) is 60.1 Å². The molecule has 46 heteroatoms. The van der Waals surface area contributed by atoms with E-state index < -0.39 is 150 Å². The number of amides is 6. The van der Waals surface area contributed by atoms with Gasteiger partial charge in [0.25, 0.3) is 35.4 Å². The standard InChI is InChI=1S/2C22H22N8O12S2.2Na/c2*1-22(2,20(36)37)42-29-14(10-7-43-21(23)27-10)17(34)28-15-11(30(19(15)35)44(38,39)40)4-25-16(33)9-6-41-18(26-9)8-3-12(31)13(32)5-24-8;;/h2*3,5-7,11,15,32H,4H2,1-2H3,(H2,23,27)(H,24,31)(H,25,33)(H,28,34)(H,36,37)(H,38,39,40);;/q;;2*+1/p-2/b2*29-14-;;/t2*11-,15+;;/m11../s1. The first-order valence-corrected chi connectivity index (χ1v) is 28.5. The summed E-state index contributed by atoms with van der Waals surface area (Å²) >= 11 is 1.78. The van der Waals surface area contributed by atoms with Gasteiger partial charge in [0.05, 0.1) is 24.0 Å². The van der Waals surface area contributed by atoms with E-state index in [-0.39, 0.29) is 124 Å². The first-order chi connectivity index (χ1) is 41.0. The molecule has 2 saturated heterocycles. The van der Waals surface area contributed by atoms with Crippen molar-refractivity contribution in [3.8, 4) is 34.7 Å². The largest absolute Gasteiger partial charge is 1.00 e. The van der Waals surface area contributed by atoms with Crippen LogP contribution in [-0.2, 0) is 59.1 Å². The van der Waals surface area contributed by atoms with E-state index in [1.54, 1.807) is 0 Å². The van der Waals surface area contributed by atoms with E-state index in [1.807, 2.05) is 0 Å². The Kier molecular flexibility index (Phi) is 22.8. The number of carbonyl (C=O) groups is 8. The number of oxazole rings is 2. The Bertz CT molecular complexity index is 3970. The van der Waals surface area contributed by atoms with Gasteiger partial charge in [-0.15, -0.1) is 22.7 Å². The van der Waals surface area contributed by atoms with Crippen LogP contribution >= 0.6 is 22.7 Å². The van der Waals surface area contributed by atoms with Crippen molar-refractivity contribution in [2.75, 3.05) is 24.6 Å². The van der Waals surface area contributed by atoms with Gasteiger partial charge in [-0.25, -0.2) is 28.5 Å². The number of hydrogen-bond acceptors (Lipinski definition) is 32. The number of thiazole rings is 2. The van der Waals surface area contributed by atoms with Gasteiger partial charge in [0.1, 0.15) is 47.4 Å². The first kappa shape index (κ1) is 72.0. The third-order valence-electron chi connectivity index (χ3n) is 11.7. The maximum atomic E-state index is 13.1. The average molecular weight is 1350 g/mol. The van der Waals surface area contributed by atoms with Crippen molar-refractivity contribution in [3.05, 3.63) is 91.0 Å². The van der Waals surface area contributed by atoms with Gasteiger partial charge in [0, 0.05) is 48.4 Å². The predicted octanol–water partition coefficient (Wildman–Crippen LogP) is -12.1. The molecule has 2 fully saturated rings. The fourth-order valence-electron chi connectivity index (χ4n) is 7.09. The Balaban J connectivity index is 0.000000320. The number of nitrogens with zero attached hydrogens (tertiary/aromatic N) is 8. The van der Waals surface area contributed by atoms with E-state index in [4.69, 9.17) is 30.0 Å². The molecule has 468 valence electrons. The van der Waals surface area contributed by atoms with Crippen LogP contribution in [0.2, 0.25) is 0 Å². The number of carboxylic acid groups (broad SMARTS) is 2. The Hall–Kier alpha value is -8.70. The number of nitrogens with one attached hydrogen (secondary N) is 6. The third-order valence-corrected chi connectivity index (χ3v) is 15.0. The smallest absolute Gasteiger partial charge is 0.546 e. The SMILES string of the molecule is CC(C)(O/N=C(\C(=O)N[C@@H]1C(=O)N(S(=O)(=O)O)[C@@H]1CNC(=O)c1coc(-c2cc(=O)c(O)c[nH]2)n1)c1csc(N)n1)C(=O)[O-].CC(C)(O/N=C(\C(=O)N[C@@H]1C(=O)N(S(=O)(=O)O)[C@@H]1CNC(=O)c1coc(-c2cc(=O)c(O)c[nH]2)n1)c1csc(N)n1)C(=O)[O-].[Na+].[Na+]. The average Bonchev–Trinajstić information content (AvgIpc) is 0.979. The maximum absolute atomic E-state index is 13.1. The van der Waals surface area contributed by atoms with E-state index in [9.17, 15) is 94.3 Å². The summed E-state index contributed by atoms with van der Waals surface area (Å²) in [6.45, 7) is 3.01. The molecule has 8 heterocycles. The second kappa shape index (κ2) is 28.4. The van der Waals surface area contributed by atoms with Crippen LogP contribution in [0.3, 0.4) is 0 Å². The number of H-pyrrole nitrogens is 2. The molecular weight excluding hydrogens is 1310 g/mol. The molecule has 90 heavy (non-hydrogen) atoms. The summed E-state index contributed by atoms with van der Waals surface area (Å²) in [4.78, 5) is 153. The van der Waals surface area contributed by atoms with Gasteiger partial charge in [0.2, 0.25) is 22.6 Å². The molecule has 2 aliphatic heterocycles. The van der Waals surface area contributed by atoms with Crippen molar-refractivity contribution >= 4 is 112 Å². The zero-order chi connectivity index (χ0) is 65.1. The normalized spacial score (nSPS) is 16.7. The van der Waals surface area contributed by atoms with Gasteiger partial charge in [0.15, 0.2) is 55.8 Å². The van der Waals surface area contributed by atoms with Gasteiger partial charge >= 0.3 is 79.7 Å². The van der Waals surface area contributed by atoms with E-state index >= 15 is 0 Å². The van der Waals surface area contributed by atoms with Crippen molar-refractivity contribution in [2.45, 2.75) is 63.1 Å². The molecule has 0 radical (unpaired) electrons. The summed E-state index contributed by atoms with van der Waals surface area (Å²) in [5, 5.41) is 59.8. The summed E-state index contributed by atoms with van der Waals surface area (Å²) in [6, 6.07) is -4.52. The van der Waals surface area contributed by atoms with Gasteiger partial charge < -0.3 is 91.2 Å². The molecule has 0 spiro atoms. The molecule has 8 rings (SSSR count). The van der Waals surface area contributed by atoms with E-state index in [1.165, 1.54) is 10.8 Å². The zero-order valence-corrected chi connectivity index (χ0v) is 53.9. The summed E-state index contributed by atoms with van der Waals surface area (Å²) in [5.41, 5.74) is 3.38. The molecule has 2 aliphatic rings. The van der Waals surface area contributed by atoms with Crippen LogP contribution in [0, 0.1) is 0 Å². The number of carboxylic acids is 2. The third kappa shape index (κ3) is 16.6. The second-order valence-electron chi connectivity index (χ2n) is 18.7. The Labute approximate surface area is 553 Å². The summed E-state index contributed by atoms with van der Waals surface area (Å²) in [5.74, 6) is -11.7. The molecule has 0 bridgehead atoms. The van der Waals surface area contributed by atoms with Gasteiger partial charge in [-0.05, 0) is 27.7 Å².